The Labute approximate surface area is 152 Å². The Bertz CT molecular complexity index is 753. The quantitative estimate of drug-likeness (QED) is 0.888. The highest BCUT2D eigenvalue weighted by Gasteiger charge is 2.49. The summed E-state index contributed by atoms with van der Waals surface area (Å²) in [4.78, 5) is 42.8. The average Bonchev–Trinajstić information content (AvgIpc) is 2.65. The van der Waals surface area contributed by atoms with Crippen molar-refractivity contribution < 1.29 is 14.3 Å². The molecule has 1 saturated carbocycles. The van der Waals surface area contributed by atoms with Crippen molar-refractivity contribution in [2.75, 3.05) is 26.3 Å². The van der Waals surface area contributed by atoms with E-state index in [4.69, 9.17) is 4.74 Å². The number of nitrogens with one attached hydrogen (secondary N) is 1. The molecule has 1 N–H and O–H groups in total. The summed E-state index contributed by atoms with van der Waals surface area (Å²) in [6, 6.07) is 3.20. The minimum Gasteiger partial charge on any atom is -0.381 e. The van der Waals surface area contributed by atoms with Crippen LogP contribution in [0.2, 0.25) is 0 Å². The molecule has 26 heavy (non-hydrogen) atoms. The van der Waals surface area contributed by atoms with Gasteiger partial charge in [0, 0.05) is 44.5 Å². The fourth-order valence-electron chi connectivity index (χ4n) is 4.55. The van der Waals surface area contributed by atoms with E-state index in [9.17, 15) is 14.4 Å². The van der Waals surface area contributed by atoms with E-state index < -0.39 is 0 Å². The van der Waals surface area contributed by atoms with Gasteiger partial charge in [-0.25, -0.2) is 4.79 Å². The second kappa shape index (κ2) is 6.87. The third-order valence-electron chi connectivity index (χ3n) is 6.41. The first-order valence-electron chi connectivity index (χ1n) is 9.43. The van der Waals surface area contributed by atoms with Crippen molar-refractivity contribution in [1.29, 1.82) is 0 Å². The van der Waals surface area contributed by atoms with E-state index >= 15 is 0 Å². The van der Waals surface area contributed by atoms with Gasteiger partial charge in [0.25, 0.3) is 5.56 Å². The summed E-state index contributed by atoms with van der Waals surface area (Å²) in [6.07, 6.45) is 6.17. The van der Waals surface area contributed by atoms with Crippen molar-refractivity contribution in [2.45, 2.75) is 38.6 Å². The van der Waals surface area contributed by atoms with Gasteiger partial charge in [0.15, 0.2) is 0 Å². The fourth-order valence-corrected chi connectivity index (χ4v) is 4.55. The molecule has 1 atom stereocenters. The van der Waals surface area contributed by atoms with Gasteiger partial charge in [-0.2, -0.15) is 0 Å². The summed E-state index contributed by atoms with van der Waals surface area (Å²) in [5.41, 5.74) is 0.598. The van der Waals surface area contributed by atoms with Gasteiger partial charge >= 0.3 is 6.03 Å². The van der Waals surface area contributed by atoms with Crippen molar-refractivity contribution in [1.82, 2.24) is 14.8 Å². The molecule has 140 valence electrons. The largest absolute Gasteiger partial charge is 0.381 e. The Hall–Kier alpha value is -2.15. The number of aromatic nitrogens is 1. The van der Waals surface area contributed by atoms with E-state index in [1.165, 1.54) is 11.3 Å². The molecular weight excluding hydrogens is 334 g/mol. The van der Waals surface area contributed by atoms with Crippen LogP contribution in [0.4, 0.5) is 4.79 Å². The molecule has 7 nitrogen and oxygen atoms in total. The number of H-pyrrole nitrogens is 1. The molecule has 2 aliphatic heterocycles. The summed E-state index contributed by atoms with van der Waals surface area (Å²) in [7, 11) is 0. The zero-order valence-corrected chi connectivity index (χ0v) is 14.9. The number of urea groups is 1. The molecule has 7 heteroatoms. The minimum absolute atomic E-state index is 0.0951. The lowest BCUT2D eigenvalue weighted by atomic mass is 9.56. The minimum atomic E-state index is -0.265. The highest BCUT2D eigenvalue weighted by molar-refractivity contribution is 5.96. The van der Waals surface area contributed by atoms with Crippen LogP contribution in [0.3, 0.4) is 0 Å². The number of amides is 3. The SMILES string of the molecule is O=C1CCN(Cc2ccc[nH]c2=O)C(=O)N1CC1CCC12CCOCC2. The molecule has 0 bridgehead atoms. The van der Waals surface area contributed by atoms with Crippen LogP contribution in [0, 0.1) is 11.3 Å². The molecule has 4 rings (SSSR count). The topological polar surface area (TPSA) is 82.7 Å². The maximum atomic E-state index is 12.9. The predicted octanol–water partition coefficient (Wildman–Crippen LogP) is 1.74. The monoisotopic (exact) mass is 359 g/mol. The van der Waals surface area contributed by atoms with Gasteiger partial charge in [0.05, 0.1) is 6.54 Å². The van der Waals surface area contributed by atoms with Gasteiger partial charge in [0.1, 0.15) is 0 Å². The molecule has 0 aromatic carbocycles. The molecule has 1 aliphatic carbocycles. The molecule has 1 unspecified atom stereocenters. The molecule has 1 aromatic heterocycles. The lowest BCUT2D eigenvalue weighted by molar-refractivity contribution is -0.135. The van der Waals surface area contributed by atoms with Gasteiger partial charge < -0.3 is 14.6 Å². The molecular formula is C19H25N3O4. The van der Waals surface area contributed by atoms with Crippen LogP contribution in [0.25, 0.3) is 0 Å². The van der Waals surface area contributed by atoms with E-state index in [0.29, 0.717) is 31.0 Å². The Morgan fingerprint density at radius 1 is 1.19 bits per heavy atom. The summed E-state index contributed by atoms with van der Waals surface area (Å²) in [5.74, 6) is 0.279. The number of aromatic amines is 1. The van der Waals surface area contributed by atoms with E-state index in [-0.39, 0.29) is 29.5 Å². The van der Waals surface area contributed by atoms with Crippen LogP contribution in [0.15, 0.2) is 23.1 Å². The Morgan fingerprint density at radius 3 is 2.69 bits per heavy atom. The van der Waals surface area contributed by atoms with Crippen LogP contribution >= 0.6 is 0 Å². The number of rotatable bonds is 4. The maximum Gasteiger partial charge on any atom is 0.327 e. The summed E-state index contributed by atoms with van der Waals surface area (Å²) < 4.78 is 5.49. The van der Waals surface area contributed by atoms with Crippen molar-refractivity contribution in [2.24, 2.45) is 11.3 Å². The number of pyridine rings is 1. The van der Waals surface area contributed by atoms with Crippen LogP contribution < -0.4 is 5.56 Å². The van der Waals surface area contributed by atoms with Crippen LogP contribution in [-0.2, 0) is 16.1 Å². The molecule has 0 radical (unpaired) electrons. The molecule has 1 aromatic rings. The maximum absolute atomic E-state index is 12.9. The third-order valence-corrected chi connectivity index (χ3v) is 6.41. The van der Waals surface area contributed by atoms with Crippen LogP contribution in [0.5, 0.6) is 0 Å². The molecule has 3 amide bonds. The number of hydrogen-bond donors (Lipinski definition) is 1. The average molecular weight is 359 g/mol. The normalized spacial score (nSPS) is 25.5. The van der Waals surface area contributed by atoms with Crippen molar-refractivity contribution in [3.8, 4) is 0 Å². The predicted molar refractivity (Wildman–Crippen MR) is 94.4 cm³/mol. The van der Waals surface area contributed by atoms with Gasteiger partial charge in [-0.05, 0) is 43.1 Å². The Balaban J connectivity index is 1.45. The van der Waals surface area contributed by atoms with Crippen LogP contribution in [0.1, 0.15) is 37.7 Å². The lowest BCUT2D eigenvalue weighted by Crippen LogP contribution is -2.57. The Kier molecular flexibility index (Phi) is 4.56. The molecule has 1 spiro atoms. The molecule has 3 aliphatic rings. The second-order valence-corrected chi connectivity index (χ2v) is 7.69. The highest BCUT2D eigenvalue weighted by Crippen LogP contribution is 2.53. The smallest absolute Gasteiger partial charge is 0.327 e. The number of hydrogen-bond acceptors (Lipinski definition) is 4. The van der Waals surface area contributed by atoms with Crippen molar-refractivity contribution >= 4 is 11.9 Å². The highest BCUT2D eigenvalue weighted by atomic mass is 16.5. The van der Waals surface area contributed by atoms with Crippen molar-refractivity contribution in [3.63, 3.8) is 0 Å². The first-order chi connectivity index (χ1) is 12.6. The standard InChI is InChI=1S/C19H25N3O4/c23-16-4-9-21(12-14-2-1-8-20-17(14)24)18(25)22(16)13-15-3-5-19(15)6-10-26-11-7-19/h1-2,8,15H,3-7,9-13H2,(H,20,24). The second-order valence-electron chi connectivity index (χ2n) is 7.69. The summed E-state index contributed by atoms with van der Waals surface area (Å²) in [6.45, 7) is 2.66. The van der Waals surface area contributed by atoms with Gasteiger partial charge in [-0.15, -0.1) is 0 Å². The number of carbonyl (C=O) groups is 2. The number of carbonyl (C=O) groups excluding carboxylic acids is 2. The molecule has 3 fully saturated rings. The molecule has 2 saturated heterocycles. The van der Waals surface area contributed by atoms with E-state index in [0.717, 1.165) is 32.5 Å². The number of imide groups is 1. The van der Waals surface area contributed by atoms with Crippen molar-refractivity contribution in [3.05, 3.63) is 34.2 Å². The number of ether oxygens (including phenoxy) is 1. The molecule has 3 heterocycles. The Morgan fingerprint density at radius 2 is 2.00 bits per heavy atom. The van der Waals surface area contributed by atoms with Gasteiger partial charge in [-0.1, -0.05) is 6.07 Å². The van der Waals surface area contributed by atoms with Crippen LogP contribution in [-0.4, -0.2) is 53.0 Å². The lowest BCUT2D eigenvalue weighted by Gasteiger charge is -2.53. The zero-order chi connectivity index (χ0) is 18.1. The summed E-state index contributed by atoms with van der Waals surface area (Å²) >= 11 is 0. The number of nitrogens with zero attached hydrogens (tertiary/aromatic N) is 2. The van der Waals surface area contributed by atoms with E-state index in [1.807, 2.05) is 0 Å². The fraction of sp³-hybridized carbons (Fsp3) is 0.632. The zero-order valence-electron chi connectivity index (χ0n) is 14.9. The van der Waals surface area contributed by atoms with E-state index in [2.05, 4.69) is 4.98 Å². The summed E-state index contributed by atoms with van der Waals surface area (Å²) in [5, 5.41) is 0. The van der Waals surface area contributed by atoms with E-state index in [1.54, 1.807) is 23.2 Å². The first kappa shape index (κ1) is 17.3. The van der Waals surface area contributed by atoms with Gasteiger partial charge in [0.2, 0.25) is 5.91 Å². The first-order valence-corrected chi connectivity index (χ1v) is 9.43. The van der Waals surface area contributed by atoms with Gasteiger partial charge in [-0.3, -0.25) is 14.5 Å². The third kappa shape index (κ3) is 3.05.